The van der Waals surface area contributed by atoms with E-state index in [0.29, 0.717) is 6.10 Å². The zero-order valence-corrected chi connectivity index (χ0v) is 7.62. The maximum Gasteiger partial charge on any atom is 0.152 e. The lowest BCUT2D eigenvalue weighted by Crippen LogP contribution is -2.51. The Hall–Kier alpha value is -0.670. The molecule has 0 bridgehead atoms. The van der Waals surface area contributed by atoms with Gasteiger partial charge in [0, 0.05) is 26.7 Å². The molecule has 0 amide bonds. The monoisotopic (exact) mass is 169 g/mol. The van der Waals surface area contributed by atoms with Crippen molar-refractivity contribution in [2.24, 2.45) is 0 Å². The van der Waals surface area contributed by atoms with Crippen molar-refractivity contribution in [1.82, 2.24) is 4.90 Å². The number of hydrogen-bond donors (Lipinski definition) is 0. The van der Waals surface area contributed by atoms with Gasteiger partial charge in [-0.1, -0.05) is 6.08 Å². The Labute approximate surface area is 73.0 Å². The van der Waals surface area contributed by atoms with Crippen LogP contribution in [-0.4, -0.2) is 43.5 Å². The van der Waals surface area contributed by atoms with Crippen molar-refractivity contribution in [3.05, 3.63) is 12.2 Å². The third-order valence-corrected chi connectivity index (χ3v) is 1.97. The zero-order chi connectivity index (χ0) is 8.97. The van der Waals surface area contributed by atoms with Crippen molar-refractivity contribution in [1.29, 1.82) is 0 Å². The van der Waals surface area contributed by atoms with Gasteiger partial charge in [-0.15, -0.1) is 0 Å². The summed E-state index contributed by atoms with van der Waals surface area (Å²) in [7, 11) is 1.73. The first-order valence-electron chi connectivity index (χ1n) is 4.14. The van der Waals surface area contributed by atoms with E-state index in [1.165, 1.54) is 0 Å². The highest BCUT2D eigenvalue weighted by atomic mass is 16.5. The Morgan fingerprint density at radius 3 is 2.83 bits per heavy atom. The van der Waals surface area contributed by atoms with Gasteiger partial charge in [0.05, 0.1) is 6.10 Å². The van der Waals surface area contributed by atoms with Crippen LogP contribution in [0.5, 0.6) is 0 Å². The number of nitrogens with zero attached hydrogens (tertiary/aromatic N) is 1. The molecule has 1 aliphatic rings. The van der Waals surface area contributed by atoms with E-state index in [2.05, 4.69) is 4.90 Å². The molecule has 68 valence electrons. The summed E-state index contributed by atoms with van der Waals surface area (Å²) in [5, 5.41) is 0. The Morgan fingerprint density at radius 2 is 2.33 bits per heavy atom. The second kappa shape index (κ2) is 4.38. The third kappa shape index (κ3) is 2.75. The predicted molar refractivity (Wildman–Crippen MR) is 47.1 cm³/mol. The minimum atomic E-state index is 0.110. The van der Waals surface area contributed by atoms with Crippen LogP contribution in [0.2, 0.25) is 0 Å². The molecule has 0 aliphatic carbocycles. The Bertz CT molecular complexity index is 183. The summed E-state index contributed by atoms with van der Waals surface area (Å²) >= 11 is 0. The fourth-order valence-corrected chi connectivity index (χ4v) is 1.19. The van der Waals surface area contributed by atoms with Crippen molar-refractivity contribution >= 4 is 5.78 Å². The fourth-order valence-electron chi connectivity index (χ4n) is 1.19. The molecule has 1 saturated heterocycles. The smallest absolute Gasteiger partial charge is 0.152 e. The predicted octanol–water partition coefficient (Wildman–Crippen LogP) is 0.462. The molecule has 0 N–H and O–H groups in total. The summed E-state index contributed by atoms with van der Waals surface area (Å²) in [5.41, 5.74) is 0. The molecule has 12 heavy (non-hydrogen) atoms. The molecule has 0 saturated carbocycles. The van der Waals surface area contributed by atoms with Crippen molar-refractivity contribution < 1.29 is 9.53 Å². The van der Waals surface area contributed by atoms with Crippen LogP contribution >= 0.6 is 0 Å². The first-order chi connectivity index (χ1) is 5.72. The number of ketones is 1. The van der Waals surface area contributed by atoms with Crippen molar-refractivity contribution in [2.45, 2.75) is 13.0 Å². The molecule has 1 aliphatic heterocycles. The first kappa shape index (κ1) is 9.42. The van der Waals surface area contributed by atoms with Crippen LogP contribution in [0.3, 0.4) is 0 Å². The van der Waals surface area contributed by atoms with Crippen LogP contribution in [0.1, 0.15) is 6.92 Å². The zero-order valence-electron chi connectivity index (χ0n) is 7.62. The molecule has 3 heteroatoms. The summed E-state index contributed by atoms with van der Waals surface area (Å²) in [6.07, 6.45) is 3.91. The van der Waals surface area contributed by atoms with Gasteiger partial charge in [0.1, 0.15) is 0 Å². The summed E-state index contributed by atoms with van der Waals surface area (Å²) in [6.45, 7) is 4.39. The Morgan fingerprint density at radius 1 is 1.67 bits per heavy atom. The average molecular weight is 169 g/mol. The van der Waals surface area contributed by atoms with E-state index < -0.39 is 0 Å². The topological polar surface area (TPSA) is 29.5 Å². The molecule has 3 nitrogen and oxygen atoms in total. The number of likely N-dealkylation sites (tertiary alicyclic amines) is 1. The van der Waals surface area contributed by atoms with Gasteiger partial charge >= 0.3 is 0 Å². The number of carbonyl (C=O) groups excluding carboxylic acids is 1. The van der Waals surface area contributed by atoms with E-state index in [-0.39, 0.29) is 5.78 Å². The standard InChI is InChI=1S/C9H15NO2/c1-8(11)4-3-5-10-6-9(7-10)12-2/h3-4,9H,5-7H2,1-2H3/b4-3+. The third-order valence-electron chi connectivity index (χ3n) is 1.97. The molecule has 1 heterocycles. The summed E-state index contributed by atoms with van der Waals surface area (Å²) in [5.74, 6) is 0.110. The SMILES string of the molecule is COC1CN(C/C=C/C(C)=O)C1. The van der Waals surface area contributed by atoms with Gasteiger partial charge in [-0.2, -0.15) is 0 Å². The number of methoxy groups -OCH3 is 1. The highest BCUT2D eigenvalue weighted by Gasteiger charge is 2.24. The molecule has 1 fully saturated rings. The quantitative estimate of drug-likeness (QED) is 0.573. The lowest BCUT2D eigenvalue weighted by atomic mass is 10.1. The minimum absolute atomic E-state index is 0.110. The molecule has 0 unspecified atom stereocenters. The molecule has 0 aromatic rings. The molecule has 0 spiro atoms. The van der Waals surface area contributed by atoms with E-state index in [1.54, 1.807) is 20.1 Å². The number of ether oxygens (including phenoxy) is 1. The maximum atomic E-state index is 10.5. The summed E-state index contributed by atoms with van der Waals surface area (Å²) in [6, 6.07) is 0. The molecular weight excluding hydrogens is 154 g/mol. The second-order valence-corrected chi connectivity index (χ2v) is 3.09. The van der Waals surface area contributed by atoms with E-state index in [1.807, 2.05) is 6.08 Å². The van der Waals surface area contributed by atoms with Crippen LogP contribution in [0, 0.1) is 0 Å². The van der Waals surface area contributed by atoms with Crippen LogP contribution in [0.25, 0.3) is 0 Å². The largest absolute Gasteiger partial charge is 0.379 e. The first-order valence-corrected chi connectivity index (χ1v) is 4.14. The van der Waals surface area contributed by atoms with Crippen molar-refractivity contribution in [3.8, 4) is 0 Å². The maximum absolute atomic E-state index is 10.5. The van der Waals surface area contributed by atoms with Gasteiger partial charge < -0.3 is 4.74 Å². The van der Waals surface area contributed by atoms with Crippen molar-refractivity contribution in [2.75, 3.05) is 26.7 Å². The number of carbonyl (C=O) groups is 1. The normalized spacial score (nSPS) is 19.8. The highest BCUT2D eigenvalue weighted by molar-refractivity contribution is 5.87. The van der Waals surface area contributed by atoms with E-state index in [9.17, 15) is 4.79 Å². The van der Waals surface area contributed by atoms with Crippen LogP contribution < -0.4 is 0 Å². The van der Waals surface area contributed by atoms with Gasteiger partial charge in [-0.25, -0.2) is 0 Å². The van der Waals surface area contributed by atoms with Gasteiger partial charge in [-0.05, 0) is 13.0 Å². The minimum Gasteiger partial charge on any atom is -0.379 e. The van der Waals surface area contributed by atoms with Gasteiger partial charge in [0.15, 0.2) is 5.78 Å². The lowest BCUT2D eigenvalue weighted by Gasteiger charge is -2.37. The van der Waals surface area contributed by atoms with Crippen LogP contribution in [0.15, 0.2) is 12.2 Å². The number of rotatable bonds is 4. The average Bonchev–Trinajstić information content (AvgIpc) is 1.93. The Kier molecular flexibility index (Phi) is 3.44. The summed E-state index contributed by atoms with van der Waals surface area (Å²) < 4.78 is 5.11. The number of allylic oxidation sites excluding steroid dienone is 1. The van der Waals surface area contributed by atoms with Crippen LogP contribution in [0.4, 0.5) is 0 Å². The van der Waals surface area contributed by atoms with E-state index >= 15 is 0 Å². The molecule has 0 radical (unpaired) electrons. The molecule has 0 aromatic carbocycles. The van der Waals surface area contributed by atoms with Gasteiger partial charge in [0.25, 0.3) is 0 Å². The van der Waals surface area contributed by atoms with E-state index in [4.69, 9.17) is 4.74 Å². The number of hydrogen-bond acceptors (Lipinski definition) is 3. The molecule has 1 rings (SSSR count). The van der Waals surface area contributed by atoms with E-state index in [0.717, 1.165) is 19.6 Å². The molecular formula is C9H15NO2. The molecule has 0 atom stereocenters. The fraction of sp³-hybridized carbons (Fsp3) is 0.667. The van der Waals surface area contributed by atoms with Crippen molar-refractivity contribution in [3.63, 3.8) is 0 Å². The van der Waals surface area contributed by atoms with Gasteiger partial charge in [-0.3, -0.25) is 9.69 Å². The lowest BCUT2D eigenvalue weighted by molar-refractivity contribution is -0.112. The second-order valence-electron chi connectivity index (χ2n) is 3.09. The molecule has 0 aromatic heterocycles. The Balaban J connectivity index is 2.07. The van der Waals surface area contributed by atoms with Gasteiger partial charge in [0.2, 0.25) is 0 Å². The summed E-state index contributed by atoms with van der Waals surface area (Å²) in [4.78, 5) is 12.8. The van der Waals surface area contributed by atoms with Crippen LogP contribution in [-0.2, 0) is 9.53 Å². The highest BCUT2D eigenvalue weighted by Crippen LogP contribution is 2.09.